The van der Waals surface area contributed by atoms with Crippen LogP contribution >= 0.6 is 0 Å². The number of rotatable bonds is 4. The van der Waals surface area contributed by atoms with E-state index >= 15 is 0 Å². The van der Waals surface area contributed by atoms with Gasteiger partial charge in [-0.3, -0.25) is 0 Å². The van der Waals surface area contributed by atoms with Gasteiger partial charge in [-0.05, 0) is 36.8 Å². The minimum absolute atomic E-state index is 0.129. The van der Waals surface area contributed by atoms with Crippen LogP contribution in [0.2, 0.25) is 0 Å². The highest BCUT2D eigenvalue weighted by atomic mass is 32.2. The van der Waals surface area contributed by atoms with E-state index in [4.69, 9.17) is 18.9 Å². The minimum Gasteiger partial charge on any atom is -0.486 e. The summed E-state index contributed by atoms with van der Waals surface area (Å²) in [5.41, 5.74) is 0.783. The predicted octanol–water partition coefficient (Wildman–Crippen LogP) is 2.23. The van der Waals surface area contributed by atoms with E-state index in [-0.39, 0.29) is 11.7 Å². The third kappa shape index (κ3) is 3.10. The van der Waals surface area contributed by atoms with Gasteiger partial charge in [0.15, 0.2) is 23.0 Å². The summed E-state index contributed by atoms with van der Waals surface area (Å²) in [6, 6.07) is 9.50. The molecular formula is C17H17NO6S. The zero-order valence-electron chi connectivity index (χ0n) is 13.5. The van der Waals surface area contributed by atoms with Gasteiger partial charge in [-0.2, -0.15) is 0 Å². The number of benzene rings is 2. The van der Waals surface area contributed by atoms with E-state index in [1.165, 1.54) is 12.1 Å². The van der Waals surface area contributed by atoms with Gasteiger partial charge in [-0.1, -0.05) is 6.07 Å². The Bertz CT molecular complexity index is 911. The maximum absolute atomic E-state index is 12.7. The Morgan fingerprint density at radius 2 is 1.52 bits per heavy atom. The Hall–Kier alpha value is -2.45. The van der Waals surface area contributed by atoms with Crippen molar-refractivity contribution in [2.75, 3.05) is 20.0 Å². The summed E-state index contributed by atoms with van der Waals surface area (Å²) in [6.45, 7) is 2.80. The Morgan fingerprint density at radius 3 is 2.36 bits per heavy atom. The first-order valence-electron chi connectivity index (χ1n) is 7.84. The number of hydrogen-bond acceptors (Lipinski definition) is 6. The van der Waals surface area contributed by atoms with Crippen LogP contribution < -0.4 is 23.7 Å². The second-order valence-corrected chi connectivity index (χ2v) is 7.48. The Morgan fingerprint density at radius 1 is 0.880 bits per heavy atom. The van der Waals surface area contributed by atoms with Crippen LogP contribution in [0.15, 0.2) is 41.3 Å². The topological polar surface area (TPSA) is 83.1 Å². The van der Waals surface area contributed by atoms with Crippen LogP contribution in [0.3, 0.4) is 0 Å². The lowest BCUT2D eigenvalue weighted by molar-refractivity contribution is 0.171. The summed E-state index contributed by atoms with van der Waals surface area (Å²) in [6.07, 6.45) is 0. The number of nitrogens with one attached hydrogen (secondary N) is 1. The van der Waals surface area contributed by atoms with Crippen LogP contribution in [-0.2, 0) is 10.0 Å². The normalized spacial score (nSPS) is 16.5. The first-order chi connectivity index (χ1) is 12.0. The highest BCUT2D eigenvalue weighted by Gasteiger charge is 2.23. The van der Waals surface area contributed by atoms with Crippen LogP contribution in [0, 0.1) is 0 Å². The van der Waals surface area contributed by atoms with E-state index in [0.717, 1.165) is 5.56 Å². The van der Waals surface area contributed by atoms with E-state index in [9.17, 15) is 8.42 Å². The lowest BCUT2D eigenvalue weighted by Gasteiger charge is -2.20. The fraction of sp³-hybridized carbons (Fsp3) is 0.294. The molecule has 0 saturated carbocycles. The zero-order chi connectivity index (χ0) is 17.4. The number of ether oxygens (including phenoxy) is 4. The van der Waals surface area contributed by atoms with Gasteiger partial charge in [0.2, 0.25) is 16.8 Å². The zero-order valence-corrected chi connectivity index (χ0v) is 14.3. The van der Waals surface area contributed by atoms with Gasteiger partial charge in [0.05, 0.1) is 4.90 Å². The van der Waals surface area contributed by atoms with Crippen LogP contribution in [0.5, 0.6) is 23.0 Å². The molecule has 0 saturated heterocycles. The van der Waals surface area contributed by atoms with Crippen LogP contribution in [-0.4, -0.2) is 28.4 Å². The molecule has 2 aromatic carbocycles. The quantitative estimate of drug-likeness (QED) is 0.897. The molecule has 4 rings (SSSR count). The van der Waals surface area contributed by atoms with E-state index in [2.05, 4.69) is 4.72 Å². The van der Waals surface area contributed by atoms with Gasteiger partial charge in [0.25, 0.3) is 0 Å². The summed E-state index contributed by atoms with van der Waals surface area (Å²) in [7, 11) is -3.71. The van der Waals surface area contributed by atoms with Crippen LogP contribution in [0.25, 0.3) is 0 Å². The van der Waals surface area contributed by atoms with Crippen molar-refractivity contribution in [3.8, 4) is 23.0 Å². The molecule has 0 aliphatic carbocycles. The van der Waals surface area contributed by atoms with E-state index in [1.54, 1.807) is 25.1 Å². The molecule has 0 amide bonds. The smallest absolute Gasteiger partial charge is 0.241 e. The van der Waals surface area contributed by atoms with Crippen molar-refractivity contribution < 1.29 is 27.4 Å². The van der Waals surface area contributed by atoms with Crippen LogP contribution in [0.4, 0.5) is 0 Å². The SMILES string of the molecule is C[C@H](NS(=O)(=O)c1ccc2c(c1)OCCO2)c1ccc2c(c1)OCO2. The van der Waals surface area contributed by atoms with Gasteiger partial charge in [0, 0.05) is 12.1 Å². The first kappa shape index (κ1) is 16.0. The Labute approximate surface area is 145 Å². The Balaban J connectivity index is 1.56. The average Bonchev–Trinajstić information content (AvgIpc) is 3.08. The molecule has 2 aromatic rings. The molecule has 2 aliphatic rings. The lowest BCUT2D eigenvalue weighted by atomic mass is 10.1. The molecule has 0 aromatic heterocycles. The van der Waals surface area contributed by atoms with Crippen molar-refractivity contribution in [1.29, 1.82) is 0 Å². The fourth-order valence-electron chi connectivity index (χ4n) is 2.74. The van der Waals surface area contributed by atoms with Crippen LogP contribution in [0.1, 0.15) is 18.5 Å². The third-order valence-electron chi connectivity index (χ3n) is 4.05. The van der Waals surface area contributed by atoms with Gasteiger partial charge >= 0.3 is 0 Å². The van der Waals surface area contributed by atoms with Crippen molar-refractivity contribution in [2.45, 2.75) is 17.9 Å². The molecule has 0 bridgehead atoms. The molecule has 2 heterocycles. The summed E-state index contributed by atoms with van der Waals surface area (Å²) >= 11 is 0. The van der Waals surface area contributed by atoms with Crippen molar-refractivity contribution in [3.63, 3.8) is 0 Å². The van der Waals surface area contributed by atoms with Crippen molar-refractivity contribution in [1.82, 2.24) is 4.72 Å². The lowest BCUT2D eigenvalue weighted by Crippen LogP contribution is -2.27. The van der Waals surface area contributed by atoms with E-state index < -0.39 is 16.1 Å². The summed E-state index contributed by atoms with van der Waals surface area (Å²) in [5, 5.41) is 0. The highest BCUT2D eigenvalue weighted by molar-refractivity contribution is 7.89. The van der Waals surface area contributed by atoms with Gasteiger partial charge in [0.1, 0.15) is 13.2 Å². The Kier molecular flexibility index (Phi) is 3.93. The highest BCUT2D eigenvalue weighted by Crippen LogP contribution is 2.35. The average molecular weight is 363 g/mol. The minimum atomic E-state index is -3.71. The van der Waals surface area contributed by atoms with Gasteiger partial charge < -0.3 is 18.9 Å². The monoisotopic (exact) mass is 363 g/mol. The molecule has 2 aliphatic heterocycles. The first-order valence-corrected chi connectivity index (χ1v) is 9.33. The van der Waals surface area contributed by atoms with E-state index in [1.807, 2.05) is 6.07 Å². The number of sulfonamides is 1. The van der Waals surface area contributed by atoms with Crippen molar-refractivity contribution >= 4 is 10.0 Å². The van der Waals surface area contributed by atoms with Crippen molar-refractivity contribution in [3.05, 3.63) is 42.0 Å². The summed E-state index contributed by atoms with van der Waals surface area (Å²) in [4.78, 5) is 0.129. The standard InChI is InChI=1S/C17H17NO6S/c1-11(12-2-4-15-16(8-12)24-10-23-15)18-25(19,20)13-3-5-14-17(9-13)22-7-6-21-14/h2-5,8-9,11,18H,6-7,10H2,1H3/t11-/m0/s1. The largest absolute Gasteiger partial charge is 0.486 e. The summed E-state index contributed by atoms with van der Waals surface area (Å²) in [5.74, 6) is 2.26. The molecule has 25 heavy (non-hydrogen) atoms. The third-order valence-corrected chi connectivity index (χ3v) is 5.59. The molecule has 1 atom stereocenters. The van der Waals surface area contributed by atoms with E-state index in [0.29, 0.717) is 36.2 Å². The molecule has 0 unspecified atom stereocenters. The van der Waals surface area contributed by atoms with Crippen molar-refractivity contribution in [2.24, 2.45) is 0 Å². The molecule has 7 nitrogen and oxygen atoms in total. The second kappa shape index (κ2) is 6.12. The molecule has 0 fully saturated rings. The van der Waals surface area contributed by atoms with Gasteiger partial charge in [-0.15, -0.1) is 0 Å². The molecule has 0 spiro atoms. The molecular weight excluding hydrogens is 346 g/mol. The molecule has 1 N–H and O–H groups in total. The molecule has 132 valence electrons. The molecule has 0 radical (unpaired) electrons. The summed E-state index contributed by atoms with van der Waals surface area (Å²) < 4.78 is 49.5. The number of fused-ring (bicyclic) bond motifs is 2. The number of hydrogen-bond donors (Lipinski definition) is 1. The van der Waals surface area contributed by atoms with Gasteiger partial charge in [-0.25, -0.2) is 13.1 Å². The molecule has 8 heteroatoms. The second-order valence-electron chi connectivity index (χ2n) is 5.76. The fourth-order valence-corrected chi connectivity index (χ4v) is 3.99. The predicted molar refractivity (Wildman–Crippen MR) is 88.7 cm³/mol. The maximum Gasteiger partial charge on any atom is 0.241 e. The maximum atomic E-state index is 12.7.